The molecular formula is C21H23F2N5O3S. The smallest absolute Gasteiger partial charge is 0.232 e. The first-order chi connectivity index (χ1) is 15.3. The number of carbonyl (C=O) groups is 1. The van der Waals surface area contributed by atoms with Crippen LogP contribution in [0.5, 0.6) is 0 Å². The Balaban J connectivity index is 1.71. The molecule has 4 rings (SSSR count). The molecule has 3 aromatic rings. The van der Waals surface area contributed by atoms with Gasteiger partial charge >= 0.3 is 0 Å². The van der Waals surface area contributed by atoms with Gasteiger partial charge < -0.3 is 10.3 Å². The van der Waals surface area contributed by atoms with Crippen LogP contribution in [0.15, 0.2) is 24.7 Å². The Bertz CT molecular complexity index is 1270. The van der Waals surface area contributed by atoms with E-state index in [-0.39, 0.29) is 11.3 Å². The topological polar surface area (TPSA) is 117 Å². The van der Waals surface area contributed by atoms with Gasteiger partial charge in [0.1, 0.15) is 23.6 Å². The molecule has 32 heavy (non-hydrogen) atoms. The Kier molecular flexibility index (Phi) is 6.09. The summed E-state index contributed by atoms with van der Waals surface area (Å²) in [4.78, 5) is 24.3. The molecular weight excluding hydrogens is 440 g/mol. The molecule has 0 amide bonds. The van der Waals surface area contributed by atoms with E-state index in [9.17, 15) is 17.6 Å². The molecule has 0 unspecified atom stereocenters. The molecule has 0 atom stereocenters. The summed E-state index contributed by atoms with van der Waals surface area (Å²) in [5.74, 6) is -2.59. The highest BCUT2D eigenvalue weighted by Crippen LogP contribution is 2.32. The number of nitrogens with zero attached hydrogens (tertiary/aromatic N) is 2. The lowest BCUT2D eigenvalue weighted by Crippen LogP contribution is -2.19. The zero-order valence-electron chi connectivity index (χ0n) is 17.4. The molecule has 2 aromatic heterocycles. The van der Waals surface area contributed by atoms with Gasteiger partial charge in [0.05, 0.1) is 28.0 Å². The van der Waals surface area contributed by atoms with Gasteiger partial charge in [-0.05, 0) is 37.3 Å². The fourth-order valence-electron chi connectivity index (χ4n) is 3.37. The molecule has 3 N–H and O–H groups in total. The van der Waals surface area contributed by atoms with Crippen molar-refractivity contribution < 1.29 is 22.0 Å². The molecule has 0 bridgehead atoms. The van der Waals surface area contributed by atoms with Crippen LogP contribution in [0.2, 0.25) is 0 Å². The van der Waals surface area contributed by atoms with Gasteiger partial charge in [-0.3, -0.25) is 9.52 Å². The molecule has 8 nitrogen and oxygen atoms in total. The number of fused-ring (bicyclic) bond motifs is 1. The first-order valence-electron chi connectivity index (χ1n) is 10.4. The van der Waals surface area contributed by atoms with Crippen LogP contribution >= 0.6 is 0 Å². The molecule has 0 aliphatic heterocycles. The second-order valence-electron chi connectivity index (χ2n) is 7.86. The fraction of sp³-hybridized carbons (Fsp3) is 0.381. The second kappa shape index (κ2) is 8.81. The minimum atomic E-state index is -3.84. The maximum atomic E-state index is 15.1. The van der Waals surface area contributed by atoms with E-state index in [1.165, 1.54) is 12.5 Å². The van der Waals surface area contributed by atoms with E-state index in [0.29, 0.717) is 42.2 Å². The highest BCUT2D eigenvalue weighted by molar-refractivity contribution is 7.92. The fourth-order valence-corrected chi connectivity index (χ4v) is 4.63. The van der Waals surface area contributed by atoms with E-state index >= 15 is 4.39 Å². The quantitative estimate of drug-likeness (QED) is 0.394. The Morgan fingerprint density at radius 2 is 2.03 bits per heavy atom. The maximum Gasteiger partial charge on any atom is 0.232 e. The largest absolute Gasteiger partial charge is 0.369 e. The van der Waals surface area contributed by atoms with Crippen LogP contribution in [0.1, 0.15) is 48.5 Å². The van der Waals surface area contributed by atoms with Gasteiger partial charge in [0.25, 0.3) is 0 Å². The third-order valence-corrected chi connectivity index (χ3v) is 6.68. The molecule has 0 saturated heterocycles. The number of anilines is 2. The maximum absolute atomic E-state index is 15.1. The van der Waals surface area contributed by atoms with Crippen molar-refractivity contribution in [3.8, 4) is 0 Å². The van der Waals surface area contributed by atoms with E-state index in [1.807, 2.05) is 6.92 Å². The SMILES string of the molecule is CCCCS(=O)(=O)Nc1ccc(F)c(C(=O)c2c[nH]c3ncnc(NCC4CC4)c23)c1F. The van der Waals surface area contributed by atoms with E-state index in [2.05, 4.69) is 25.0 Å². The molecule has 11 heteroatoms. The summed E-state index contributed by atoms with van der Waals surface area (Å²) in [6, 6.07) is 1.83. The standard InChI is InChI=1S/C21H23F2N5O3S/c1-2-3-8-32(30,31)28-15-7-6-14(22)17(18(15)23)19(29)13-10-25-21-16(13)20(26-11-27-21)24-9-12-4-5-12/h6-7,10-12,28H,2-5,8-9H2,1H3,(H2,24,25,26,27). The average Bonchev–Trinajstić information content (AvgIpc) is 3.49. The van der Waals surface area contributed by atoms with Crippen LogP contribution in [-0.2, 0) is 10.0 Å². The zero-order valence-corrected chi connectivity index (χ0v) is 18.2. The highest BCUT2D eigenvalue weighted by atomic mass is 32.2. The number of aromatic amines is 1. The van der Waals surface area contributed by atoms with Crippen molar-refractivity contribution in [2.24, 2.45) is 5.92 Å². The van der Waals surface area contributed by atoms with Crippen molar-refractivity contribution in [2.75, 3.05) is 22.3 Å². The number of nitrogens with one attached hydrogen (secondary N) is 3. The number of hydrogen-bond acceptors (Lipinski definition) is 6. The van der Waals surface area contributed by atoms with Crippen LogP contribution in [0.4, 0.5) is 20.3 Å². The summed E-state index contributed by atoms with van der Waals surface area (Å²) < 4.78 is 56.2. The van der Waals surface area contributed by atoms with Gasteiger partial charge in [-0.2, -0.15) is 0 Å². The molecule has 1 aliphatic rings. The van der Waals surface area contributed by atoms with Gasteiger partial charge in [-0.15, -0.1) is 0 Å². The first kappa shape index (κ1) is 22.1. The van der Waals surface area contributed by atoms with Crippen molar-refractivity contribution in [3.05, 3.63) is 47.4 Å². The van der Waals surface area contributed by atoms with Gasteiger partial charge in [-0.1, -0.05) is 13.3 Å². The number of halogens is 2. The van der Waals surface area contributed by atoms with Crippen molar-refractivity contribution in [1.29, 1.82) is 0 Å². The second-order valence-corrected chi connectivity index (χ2v) is 9.70. The molecule has 1 aromatic carbocycles. The monoisotopic (exact) mass is 463 g/mol. The van der Waals surface area contributed by atoms with Crippen LogP contribution in [0.3, 0.4) is 0 Å². The Labute approximate surface area is 183 Å². The Morgan fingerprint density at radius 3 is 2.75 bits per heavy atom. The predicted molar refractivity (Wildman–Crippen MR) is 117 cm³/mol. The van der Waals surface area contributed by atoms with Gasteiger partial charge in [0.15, 0.2) is 5.82 Å². The number of rotatable bonds is 10. The van der Waals surface area contributed by atoms with E-state index in [4.69, 9.17) is 0 Å². The normalized spacial score (nSPS) is 14.0. The lowest BCUT2D eigenvalue weighted by molar-refractivity contribution is 0.103. The minimum Gasteiger partial charge on any atom is -0.369 e. The third kappa shape index (κ3) is 4.57. The van der Waals surface area contributed by atoms with Crippen molar-refractivity contribution >= 4 is 38.3 Å². The summed E-state index contributed by atoms with van der Waals surface area (Å²) in [6.07, 6.45) is 5.89. The number of carbonyl (C=O) groups excluding carboxylic acids is 1. The van der Waals surface area contributed by atoms with Crippen LogP contribution in [0, 0.1) is 17.6 Å². The number of unbranched alkanes of at least 4 members (excludes halogenated alkanes) is 1. The first-order valence-corrected chi connectivity index (χ1v) is 12.0. The Morgan fingerprint density at radius 1 is 1.25 bits per heavy atom. The number of ketones is 1. The Hall–Kier alpha value is -3.08. The molecule has 0 radical (unpaired) electrons. The van der Waals surface area contributed by atoms with Gasteiger partial charge in [-0.25, -0.2) is 27.2 Å². The third-order valence-electron chi connectivity index (χ3n) is 5.32. The van der Waals surface area contributed by atoms with E-state index < -0.39 is 38.7 Å². The van der Waals surface area contributed by atoms with Crippen molar-refractivity contribution in [2.45, 2.75) is 32.6 Å². The molecule has 170 valence electrons. The molecule has 1 saturated carbocycles. The number of sulfonamides is 1. The van der Waals surface area contributed by atoms with Gasteiger partial charge in [0.2, 0.25) is 15.8 Å². The number of H-pyrrole nitrogens is 1. The number of benzene rings is 1. The summed E-state index contributed by atoms with van der Waals surface area (Å²) in [6.45, 7) is 2.49. The van der Waals surface area contributed by atoms with Gasteiger partial charge in [0, 0.05) is 12.7 Å². The van der Waals surface area contributed by atoms with Crippen molar-refractivity contribution in [1.82, 2.24) is 15.0 Å². The molecule has 0 spiro atoms. The van der Waals surface area contributed by atoms with E-state index in [1.54, 1.807) is 0 Å². The average molecular weight is 464 g/mol. The summed E-state index contributed by atoms with van der Waals surface area (Å²) in [5.41, 5.74) is -0.991. The van der Waals surface area contributed by atoms with Crippen LogP contribution < -0.4 is 10.0 Å². The highest BCUT2D eigenvalue weighted by Gasteiger charge is 2.27. The summed E-state index contributed by atoms with van der Waals surface area (Å²) in [5, 5.41) is 3.50. The molecule has 1 fully saturated rings. The lowest BCUT2D eigenvalue weighted by atomic mass is 10.0. The summed E-state index contributed by atoms with van der Waals surface area (Å²) in [7, 11) is -3.84. The zero-order chi connectivity index (χ0) is 22.9. The molecule has 1 aliphatic carbocycles. The van der Waals surface area contributed by atoms with E-state index in [0.717, 1.165) is 25.0 Å². The van der Waals surface area contributed by atoms with Crippen LogP contribution in [0.25, 0.3) is 11.0 Å². The minimum absolute atomic E-state index is 0.0114. The predicted octanol–water partition coefficient (Wildman–Crippen LogP) is 3.83. The summed E-state index contributed by atoms with van der Waals surface area (Å²) >= 11 is 0. The number of aromatic nitrogens is 3. The van der Waals surface area contributed by atoms with Crippen molar-refractivity contribution in [3.63, 3.8) is 0 Å². The molecule has 2 heterocycles. The van der Waals surface area contributed by atoms with Crippen LogP contribution in [-0.4, -0.2) is 41.5 Å². The lowest BCUT2D eigenvalue weighted by Gasteiger charge is -2.12. The number of hydrogen-bond donors (Lipinski definition) is 3.